The van der Waals surface area contributed by atoms with E-state index in [2.05, 4.69) is 17.2 Å². The van der Waals surface area contributed by atoms with Gasteiger partial charge in [-0.25, -0.2) is 8.78 Å². The predicted molar refractivity (Wildman–Crippen MR) is 46.4 cm³/mol. The van der Waals surface area contributed by atoms with Crippen LogP contribution in [0.5, 0.6) is 0 Å². The lowest BCUT2D eigenvalue weighted by Gasteiger charge is -2.13. The van der Waals surface area contributed by atoms with Gasteiger partial charge in [-0.1, -0.05) is 0 Å². The number of allylic oxidation sites excluding steroid dienone is 4. The maximum atomic E-state index is 12.9. The molecule has 0 heterocycles. The number of rotatable bonds is 1. The van der Waals surface area contributed by atoms with Gasteiger partial charge in [-0.05, 0) is 30.8 Å². The first-order valence-electron chi connectivity index (χ1n) is 3.44. The van der Waals surface area contributed by atoms with Gasteiger partial charge in [-0.2, -0.15) is 4.99 Å². The number of aliphatic imine (C=N–C) groups is 1. The zero-order valence-corrected chi connectivity index (χ0v) is 7.29. The van der Waals surface area contributed by atoms with Crippen molar-refractivity contribution in [1.29, 1.82) is 0 Å². The summed E-state index contributed by atoms with van der Waals surface area (Å²) in [5, 5.41) is 2.02. The van der Waals surface area contributed by atoms with Crippen LogP contribution in [-0.2, 0) is 0 Å². The van der Waals surface area contributed by atoms with Crippen LogP contribution in [-0.4, -0.2) is 11.3 Å². The first-order valence-corrected chi connectivity index (χ1v) is 3.84. The topological polar surface area (TPSA) is 12.4 Å². The maximum absolute atomic E-state index is 12.9. The number of nitrogens with zero attached hydrogens (tertiary/aromatic N) is 1. The van der Waals surface area contributed by atoms with Crippen LogP contribution >= 0.6 is 12.2 Å². The molecule has 0 spiro atoms. The van der Waals surface area contributed by atoms with Crippen molar-refractivity contribution in [2.45, 2.75) is 19.5 Å². The summed E-state index contributed by atoms with van der Waals surface area (Å²) in [5.41, 5.74) is 0.430. The van der Waals surface area contributed by atoms with E-state index >= 15 is 0 Å². The van der Waals surface area contributed by atoms with Crippen molar-refractivity contribution >= 4 is 17.4 Å². The second kappa shape index (κ2) is 3.70. The van der Waals surface area contributed by atoms with Crippen molar-refractivity contribution in [2.24, 2.45) is 4.99 Å². The van der Waals surface area contributed by atoms with Gasteiger partial charge in [0, 0.05) is 6.42 Å². The van der Waals surface area contributed by atoms with Crippen LogP contribution in [0.25, 0.3) is 0 Å². The average molecular weight is 187 g/mol. The lowest BCUT2D eigenvalue weighted by atomic mass is 10.0. The molecule has 0 N–H and O–H groups in total. The monoisotopic (exact) mass is 187 g/mol. The quantitative estimate of drug-likeness (QED) is 0.454. The molecule has 1 aliphatic rings. The van der Waals surface area contributed by atoms with Crippen LogP contribution in [0.3, 0.4) is 0 Å². The van der Waals surface area contributed by atoms with Gasteiger partial charge in [0.2, 0.25) is 0 Å². The number of hydrogen-bond acceptors (Lipinski definition) is 2. The van der Waals surface area contributed by atoms with Crippen LogP contribution in [0.4, 0.5) is 8.78 Å². The van der Waals surface area contributed by atoms with Crippen molar-refractivity contribution < 1.29 is 8.78 Å². The summed E-state index contributed by atoms with van der Waals surface area (Å²) in [6.07, 6.45) is -0.0519. The second-order valence-corrected chi connectivity index (χ2v) is 2.74. The van der Waals surface area contributed by atoms with Crippen LogP contribution in [0.2, 0.25) is 0 Å². The van der Waals surface area contributed by atoms with Gasteiger partial charge in [0.25, 0.3) is 0 Å². The largest absolute Gasteiger partial charge is 0.242 e. The fourth-order valence-corrected chi connectivity index (χ4v) is 1.07. The van der Waals surface area contributed by atoms with E-state index in [1.165, 1.54) is 0 Å². The van der Waals surface area contributed by atoms with Gasteiger partial charge in [0.1, 0.15) is 12.0 Å². The fraction of sp³-hybridized carbons (Fsp3) is 0.375. The molecule has 0 fully saturated rings. The smallest absolute Gasteiger partial charge is 0.145 e. The molecule has 64 valence electrons. The molecule has 4 heteroatoms. The van der Waals surface area contributed by atoms with E-state index in [9.17, 15) is 8.78 Å². The first-order chi connectivity index (χ1) is 5.65. The summed E-state index contributed by atoms with van der Waals surface area (Å²) >= 11 is 4.29. The Bertz CT molecular complexity index is 300. The second-order valence-electron chi connectivity index (χ2n) is 2.56. The minimum atomic E-state index is -1.15. The lowest BCUT2D eigenvalue weighted by molar-refractivity contribution is 0.368. The van der Waals surface area contributed by atoms with Gasteiger partial charge >= 0.3 is 0 Å². The molecule has 0 aromatic heterocycles. The molecule has 1 unspecified atom stereocenters. The van der Waals surface area contributed by atoms with Crippen molar-refractivity contribution in [3.05, 3.63) is 23.2 Å². The SMILES string of the molecule is CC1=CC(F)=C(N=C=S)CC1F. The van der Waals surface area contributed by atoms with Crippen molar-refractivity contribution in [3.8, 4) is 0 Å². The highest BCUT2D eigenvalue weighted by Gasteiger charge is 2.19. The molecule has 0 bridgehead atoms. The van der Waals surface area contributed by atoms with E-state index in [1.54, 1.807) is 6.92 Å². The molecule has 0 saturated heterocycles. The standard InChI is InChI=1S/C8H7F2NS/c1-5-2-7(10)8(11-4-12)3-6(5)9/h2,6H,3H2,1H3. The van der Waals surface area contributed by atoms with E-state index in [0.29, 0.717) is 5.57 Å². The van der Waals surface area contributed by atoms with E-state index < -0.39 is 12.0 Å². The zero-order valence-electron chi connectivity index (χ0n) is 6.47. The molecule has 0 aliphatic heterocycles. The Morgan fingerprint density at radius 3 is 3.00 bits per heavy atom. The van der Waals surface area contributed by atoms with Gasteiger partial charge < -0.3 is 0 Å². The fourth-order valence-electron chi connectivity index (χ4n) is 0.956. The summed E-state index contributed by atoms with van der Waals surface area (Å²) in [6, 6.07) is 0. The number of alkyl halides is 1. The number of isothiocyanates is 1. The maximum Gasteiger partial charge on any atom is 0.145 e. The van der Waals surface area contributed by atoms with E-state index in [-0.39, 0.29) is 12.1 Å². The molecular formula is C8H7F2NS. The summed E-state index contributed by atoms with van der Waals surface area (Å²) in [5.74, 6) is -0.515. The minimum absolute atomic E-state index is 0.0438. The van der Waals surface area contributed by atoms with Gasteiger partial charge in [-0.3, -0.25) is 0 Å². The molecule has 1 aliphatic carbocycles. The minimum Gasteiger partial charge on any atom is -0.242 e. The molecule has 0 radical (unpaired) electrons. The third-order valence-corrected chi connectivity index (χ3v) is 1.77. The first kappa shape index (κ1) is 9.23. The average Bonchev–Trinajstić information content (AvgIpc) is 2.01. The summed E-state index contributed by atoms with van der Waals surface area (Å²) in [6.45, 7) is 1.54. The Kier molecular flexibility index (Phi) is 2.84. The molecular weight excluding hydrogens is 180 g/mol. The molecule has 12 heavy (non-hydrogen) atoms. The van der Waals surface area contributed by atoms with Gasteiger partial charge in [0.15, 0.2) is 0 Å². The van der Waals surface area contributed by atoms with Crippen LogP contribution in [0.1, 0.15) is 13.3 Å². The molecule has 0 aromatic carbocycles. The van der Waals surface area contributed by atoms with Crippen molar-refractivity contribution in [1.82, 2.24) is 0 Å². The Labute approximate surface area is 74.5 Å². The Balaban J connectivity index is 3.00. The lowest BCUT2D eigenvalue weighted by Crippen LogP contribution is -2.08. The Hall–Kier alpha value is -0.860. The zero-order chi connectivity index (χ0) is 9.14. The summed E-state index contributed by atoms with van der Waals surface area (Å²) in [7, 11) is 0. The van der Waals surface area contributed by atoms with Crippen LogP contribution < -0.4 is 0 Å². The van der Waals surface area contributed by atoms with E-state index in [1.807, 2.05) is 5.16 Å². The normalized spacial score (nSPS) is 23.2. The molecule has 1 atom stereocenters. The van der Waals surface area contributed by atoms with E-state index in [0.717, 1.165) is 6.08 Å². The summed E-state index contributed by atoms with van der Waals surface area (Å²) < 4.78 is 25.8. The molecule has 0 aromatic rings. The summed E-state index contributed by atoms with van der Waals surface area (Å²) in [4.78, 5) is 3.43. The van der Waals surface area contributed by atoms with Gasteiger partial charge in [0.05, 0.1) is 10.9 Å². The third kappa shape index (κ3) is 1.84. The molecule has 0 amide bonds. The molecule has 0 saturated carbocycles. The van der Waals surface area contributed by atoms with E-state index in [4.69, 9.17) is 0 Å². The van der Waals surface area contributed by atoms with Crippen molar-refractivity contribution in [3.63, 3.8) is 0 Å². The highest BCUT2D eigenvalue weighted by atomic mass is 32.1. The number of hydrogen-bond donors (Lipinski definition) is 0. The number of thiocarbonyl (C=S) groups is 1. The third-order valence-electron chi connectivity index (χ3n) is 1.68. The molecule has 1 rings (SSSR count). The number of halogens is 2. The highest BCUT2D eigenvalue weighted by molar-refractivity contribution is 7.78. The van der Waals surface area contributed by atoms with Crippen LogP contribution in [0.15, 0.2) is 28.2 Å². The molecule has 1 nitrogen and oxygen atoms in total. The Morgan fingerprint density at radius 1 is 1.75 bits per heavy atom. The Morgan fingerprint density at radius 2 is 2.42 bits per heavy atom. The predicted octanol–water partition coefficient (Wildman–Crippen LogP) is 2.96. The van der Waals surface area contributed by atoms with Crippen molar-refractivity contribution in [2.75, 3.05) is 0 Å². The van der Waals surface area contributed by atoms with Gasteiger partial charge in [-0.15, -0.1) is 0 Å². The van der Waals surface area contributed by atoms with Crippen LogP contribution in [0, 0.1) is 0 Å². The highest BCUT2D eigenvalue weighted by Crippen LogP contribution is 2.27.